The van der Waals surface area contributed by atoms with Crippen molar-refractivity contribution in [2.24, 2.45) is 0 Å². The molecule has 1 saturated heterocycles. The van der Waals surface area contributed by atoms with Gasteiger partial charge in [-0.2, -0.15) is 0 Å². The standard InChI is InChI=1S/C14H18Cl2N2O2/c1-2-20-14(19)13-8-17-5-6-18(13)9-10-7-11(15)3-4-12(10)16/h3-4,7,13,17H,2,5-6,8-9H2,1H3. The summed E-state index contributed by atoms with van der Waals surface area (Å²) in [6.45, 7) is 5.00. The van der Waals surface area contributed by atoms with E-state index in [9.17, 15) is 4.79 Å². The van der Waals surface area contributed by atoms with Crippen LogP contribution in [0.2, 0.25) is 10.0 Å². The molecule has 1 aromatic carbocycles. The second-order valence-electron chi connectivity index (χ2n) is 4.68. The molecular weight excluding hydrogens is 299 g/mol. The minimum Gasteiger partial charge on any atom is -0.465 e. The molecular formula is C14H18Cl2N2O2. The van der Waals surface area contributed by atoms with E-state index < -0.39 is 0 Å². The SMILES string of the molecule is CCOC(=O)C1CNCCN1Cc1cc(Cl)ccc1Cl. The average molecular weight is 317 g/mol. The highest BCUT2D eigenvalue weighted by molar-refractivity contribution is 6.33. The summed E-state index contributed by atoms with van der Waals surface area (Å²) in [5, 5.41) is 4.52. The molecule has 1 N–H and O–H groups in total. The van der Waals surface area contributed by atoms with Crippen molar-refractivity contribution in [3.05, 3.63) is 33.8 Å². The van der Waals surface area contributed by atoms with Gasteiger partial charge in [0.05, 0.1) is 6.61 Å². The number of carbonyl (C=O) groups excluding carboxylic acids is 1. The Labute approximate surface area is 129 Å². The molecule has 0 aliphatic carbocycles. The van der Waals surface area contributed by atoms with Gasteiger partial charge in [-0.1, -0.05) is 23.2 Å². The van der Waals surface area contributed by atoms with Gasteiger partial charge in [0.15, 0.2) is 0 Å². The van der Waals surface area contributed by atoms with Crippen molar-refractivity contribution in [3.8, 4) is 0 Å². The lowest BCUT2D eigenvalue weighted by Crippen LogP contribution is -2.54. The van der Waals surface area contributed by atoms with Crippen molar-refractivity contribution in [3.63, 3.8) is 0 Å². The van der Waals surface area contributed by atoms with E-state index in [-0.39, 0.29) is 12.0 Å². The van der Waals surface area contributed by atoms with Crippen LogP contribution in [-0.4, -0.2) is 43.2 Å². The lowest BCUT2D eigenvalue weighted by atomic mass is 10.1. The summed E-state index contributed by atoms with van der Waals surface area (Å²) in [6.07, 6.45) is 0. The number of carbonyl (C=O) groups is 1. The first-order valence-electron chi connectivity index (χ1n) is 6.67. The number of nitrogens with one attached hydrogen (secondary N) is 1. The Morgan fingerprint density at radius 2 is 2.30 bits per heavy atom. The molecule has 1 unspecified atom stereocenters. The molecule has 1 aromatic rings. The van der Waals surface area contributed by atoms with E-state index in [1.165, 1.54) is 0 Å². The Morgan fingerprint density at radius 1 is 1.50 bits per heavy atom. The molecule has 1 aliphatic rings. The zero-order valence-corrected chi connectivity index (χ0v) is 12.9. The third-order valence-electron chi connectivity index (χ3n) is 3.29. The smallest absolute Gasteiger partial charge is 0.324 e. The number of piperazine rings is 1. The van der Waals surface area contributed by atoms with Crippen LogP contribution >= 0.6 is 23.2 Å². The van der Waals surface area contributed by atoms with Gasteiger partial charge in [0.2, 0.25) is 0 Å². The molecule has 4 nitrogen and oxygen atoms in total. The largest absolute Gasteiger partial charge is 0.465 e. The van der Waals surface area contributed by atoms with Gasteiger partial charge in [-0.15, -0.1) is 0 Å². The molecule has 0 amide bonds. The quantitative estimate of drug-likeness (QED) is 0.866. The van der Waals surface area contributed by atoms with Crippen molar-refractivity contribution in [1.82, 2.24) is 10.2 Å². The average Bonchev–Trinajstić information content (AvgIpc) is 2.44. The van der Waals surface area contributed by atoms with Crippen molar-refractivity contribution in [2.45, 2.75) is 19.5 Å². The summed E-state index contributed by atoms with van der Waals surface area (Å²) in [5.74, 6) is -0.196. The number of hydrogen-bond acceptors (Lipinski definition) is 4. The summed E-state index contributed by atoms with van der Waals surface area (Å²) in [6, 6.07) is 5.10. The molecule has 0 spiro atoms. The predicted octanol–water partition coefficient (Wildman–Crippen LogP) is 2.33. The molecule has 1 heterocycles. The predicted molar refractivity (Wildman–Crippen MR) is 80.2 cm³/mol. The van der Waals surface area contributed by atoms with E-state index in [0.29, 0.717) is 29.7 Å². The van der Waals surface area contributed by atoms with Crippen LogP contribution in [0.4, 0.5) is 0 Å². The highest BCUT2D eigenvalue weighted by atomic mass is 35.5. The molecule has 1 fully saturated rings. The van der Waals surface area contributed by atoms with Crippen molar-refractivity contribution in [1.29, 1.82) is 0 Å². The molecule has 1 atom stereocenters. The van der Waals surface area contributed by atoms with Crippen LogP contribution in [-0.2, 0) is 16.1 Å². The Balaban J connectivity index is 2.12. The normalized spacial score (nSPS) is 19.9. The Hall–Kier alpha value is -0.810. The fraction of sp³-hybridized carbons (Fsp3) is 0.500. The molecule has 0 saturated carbocycles. The van der Waals surface area contributed by atoms with Crippen molar-refractivity contribution in [2.75, 3.05) is 26.2 Å². The fourth-order valence-electron chi connectivity index (χ4n) is 2.29. The molecule has 110 valence electrons. The van der Waals surface area contributed by atoms with Crippen LogP contribution < -0.4 is 5.32 Å². The van der Waals surface area contributed by atoms with Gasteiger partial charge in [0.25, 0.3) is 0 Å². The topological polar surface area (TPSA) is 41.6 Å². The number of benzene rings is 1. The van der Waals surface area contributed by atoms with E-state index >= 15 is 0 Å². The molecule has 1 aliphatic heterocycles. The number of rotatable bonds is 4. The second-order valence-corrected chi connectivity index (χ2v) is 5.52. The van der Waals surface area contributed by atoms with E-state index in [1.54, 1.807) is 12.1 Å². The Bertz CT molecular complexity index is 482. The highest BCUT2D eigenvalue weighted by Gasteiger charge is 2.30. The van der Waals surface area contributed by atoms with E-state index in [4.69, 9.17) is 27.9 Å². The Kier molecular flexibility index (Phi) is 5.66. The first-order chi connectivity index (χ1) is 9.61. The number of nitrogens with zero attached hydrogens (tertiary/aromatic N) is 1. The van der Waals surface area contributed by atoms with Crippen LogP contribution in [0.5, 0.6) is 0 Å². The minimum atomic E-state index is -0.279. The number of ether oxygens (including phenoxy) is 1. The lowest BCUT2D eigenvalue weighted by molar-refractivity contribution is -0.150. The van der Waals surface area contributed by atoms with Gasteiger partial charge >= 0.3 is 5.97 Å². The number of halogens is 2. The number of esters is 1. The molecule has 0 aromatic heterocycles. The maximum atomic E-state index is 12.0. The zero-order valence-electron chi connectivity index (χ0n) is 11.4. The van der Waals surface area contributed by atoms with Crippen LogP contribution in [0.25, 0.3) is 0 Å². The maximum Gasteiger partial charge on any atom is 0.324 e. The van der Waals surface area contributed by atoms with Crippen LogP contribution in [0, 0.1) is 0 Å². The third-order valence-corrected chi connectivity index (χ3v) is 3.90. The molecule has 0 bridgehead atoms. The van der Waals surface area contributed by atoms with E-state index in [1.807, 2.05) is 13.0 Å². The molecule has 2 rings (SSSR count). The van der Waals surface area contributed by atoms with Gasteiger partial charge in [-0.25, -0.2) is 0 Å². The third kappa shape index (κ3) is 3.85. The van der Waals surface area contributed by atoms with Crippen LogP contribution in [0.15, 0.2) is 18.2 Å². The summed E-state index contributed by atoms with van der Waals surface area (Å²) >= 11 is 12.2. The van der Waals surface area contributed by atoms with Gasteiger partial charge in [0, 0.05) is 36.2 Å². The lowest BCUT2D eigenvalue weighted by Gasteiger charge is -2.34. The van der Waals surface area contributed by atoms with Gasteiger partial charge in [-0.05, 0) is 30.7 Å². The second kappa shape index (κ2) is 7.27. The maximum absolute atomic E-state index is 12.0. The Morgan fingerprint density at radius 3 is 3.05 bits per heavy atom. The van der Waals surface area contributed by atoms with Gasteiger partial charge in [0.1, 0.15) is 6.04 Å². The fourth-order valence-corrected chi connectivity index (χ4v) is 2.66. The minimum absolute atomic E-state index is 0.196. The van der Waals surface area contributed by atoms with E-state index in [2.05, 4.69) is 10.2 Å². The van der Waals surface area contributed by atoms with Crippen LogP contribution in [0.3, 0.4) is 0 Å². The first kappa shape index (κ1) is 15.6. The summed E-state index contributed by atoms with van der Waals surface area (Å²) in [7, 11) is 0. The first-order valence-corrected chi connectivity index (χ1v) is 7.42. The summed E-state index contributed by atoms with van der Waals surface area (Å²) < 4.78 is 5.12. The summed E-state index contributed by atoms with van der Waals surface area (Å²) in [5.41, 5.74) is 0.926. The van der Waals surface area contributed by atoms with Gasteiger partial charge < -0.3 is 10.1 Å². The van der Waals surface area contributed by atoms with Gasteiger partial charge in [-0.3, -0.25) is 9.69 Å². The number of hydrogen-bond donors (Lipinski definition) is 1. The molecule has 20 heavy (non-hydrogen) atoms. The molecule has 6 heteroatoms. The van der Waals surface area contributed by atoms with Crippen molar-refractivity contribution < 1.29 is 9.53 Å². The molecule has 0 radical (unpaired) electrons. The van der Waals surface area contributed by atoms with Crippen LogP contribution in [0.1, 0.15) is 12.5 Å². The highest BCUT2D eigenvalue weighted by Crippen LogP contribution is 2.23. The van der Waals surface area contributed by atoms with Crippen molar-refractivity contribution >= 4 is 29.2 Å². The summed E-state index contributed by atoms with van der Waals surface area (Å²) in [4.78, 5) is 14.1. The monoisotopic (exact) mass is 316 g/mol. The van der Waals surface area contributed by atoms with E-state index in [0.717, 1.165) is 18.7 Å². The zero-order chi connectivity index (χ0) is 14.5.